The van der Waals surface area contributed by atoms with Gasteiger partial charge in [0.25, 0.3) is 0 Å². The molecular weight excluding hydrogens is 512 g/mol. The van der Waals surface area contributed by atoms with E-state index < -0.39 is 23.6 Å². The highest BCUT2D eigenvalue weighted by molar-refractivity contribution is 6.06. The van der Waals surface area contributed by atoms with Crippen molar-refractivity contribution in [3.05, 3.63) is 131 Å². The van der Waals surface area contributed by atoms with Gasteiger partial charge in [0.1, 0.15) is 36.8 Å². The second-order valence-corrected chi connectivity index (χ2v) is 8.70. The van der Waals surface area contributed by atoms with Crippen LogP contribution in [-0.2, 0) is 34.0 Å². The van der Waals surface area contributed by atoms with Crippen molar-refractivity contribution in [3.8, 4) is 0 Å². The molecule has 0 spiro atoms. The van der Waals surface area contributed by atoms with E-state index in [1.165, 1.54) is 6.20 Å². The number of ether oxygens (including phenoxy) is 3. The first-order valence-corrected chi connectivity index (χ1v) is 12.3. The third-order valence-corrected chi connectivity index (χ3v) is 5.94. The summed E-state index contributed by atoms with van der Waals surface area (Å²) < 4.78 is 17.4. The smallest absolute Gasteiger partial charge is 0.358 e. The molecule has 0 amide bonds. The van der Waals surface area contributed by atoms with Gasteiger partial charge in [-0.05, 0) is 16.7 Å². The number of esters is 3. The maximum Gasteiger partial charge on any atom is 0.358 e. The Kier molecular flexibility index (Phi) is 7.77. The van der Waals surface area contributed by atoms with Gasteiger partial charge in [-0.3, -0.25) is 0 Å². The van der Waals surface area contributed by atoms with Crippen molar-refractivity contribution in [3.63, 3.8) is 0 Å². The fourth-order valence-electron chi connectivity index (χ4n) is 3.90. The van der Waals surface area contributed by atoms with E-state index in [1.807, 2.05) is 42.5 Å². The SMILES string of the molecule is Nc1c(C(=O)OCc2ccccc2)c(C(=O)OCc2ccccc2)nc2c(C(=O)OCc3ccccc3)cnn12. The minimum absolute atomic E-state index is 0.0162. The molecule has 5 rings (SSSR count). The number of nitrogens with zero attached hydrogens (tertiary/aromatic N) is 3. The van der Waals surface area contributed by atoms with Crippen LogP contribution in [0.4, 0.5) is 5.82 Å². The molecule has 0 aliphatic carbocycles. The van der Waals surface area contributed by atoms with Crippen molar-refractivity contribution < 1.29 is 28.6 Å². The molecule has 10 heteroatoms. The van der Waals surface area contributed by atoms with Gasteiger partial charge in [0.15, 0.2) is 11.3 Å². The van der Waals surface area contributed by atoms with Gasteiger partial charge in [-0.15, -0.1) is 0 Å². The number of rotatable bonds is 9. The van der Waals surface area contributed by atoms with Gasteiger partial charge in [0, 0.05) is 0 Å². The molecule has 0 aliphatic rings. The van der Waals surface area contributed by atoms with E-state index in [-0.39, 0.29) is 42.4 Å². The quantitative estimate of drug-likeness (QED) is 0.215. The summed E-state index contributed by atoms with van der Waals surface area (Å²) in [6, 6.07) is 27.2. The Morgan fingerprint density at radius 1 is 0.650 bits per heavy atom. The van der Waals surface area contributed by atoms with Crippen molar-refractivity contribution in [1.29, 1.82) is 0 Å². The molecule has 40 heavy (non-hydrogen) atoms. The molecule has 0 bridgehead atoms. The summed E-state index contributed by atoms with van der Waals surface area (Å²) in [6.07, 6.45) is 1.21. The van der Waals surface area contributed by atoms with E-state index in [0.717, 1.165) is 21.2 Å². The standard InChI is InChI=1S/C30H24N4O6/c31-26-24(29(36)39-18-21-12-6-2-7-13-21)25(30(37)40-19-22-14-8-3-9-15-22)33-27-23(16-32-34(26)27)28(35)38-17-20-10-4-1-5-11-20/h1-16H,17-19,31H2. The first-order valence-electron chi connectivity index (χ1n) is 12.3. The molecule has 2 N–H and O–H groups in total. The van der Waals surface area contributed by atoms with Gasteiger partial charge in [-0.1, -0.05) is 91.0 Å². The molecule has 0 saturated carbocycles. The van der Waals surface area contributed by atoms with Crippen LogP contribution >= 0.6 is 0 Å². The van der Waals surface area contributed by atoms with Crippen LogP contribution in [0, 0.1) is 0 Å². The van der Waals surface area contributed by atoms with Gasteiger partial charge in [-0.25, -0.2) is 19.4 Å². The van der Waals surface area contributed by atoms with E-state index in [9.17, 15) is 14.4 Å². The summed E-state index contributed by atoms with van der Waals surface area (Å²) >= 11 is 0. The topological polar surface area (TPSA) is 135 Å². The number of hydrogen-bond donors (Lipinski definition) is 1. The lowest BCUT2D eigenvalue weighted by Gasteiger charge is -2.13. The first-order chi connectivity index (χ1) is 19.5. The minimum atomic E-state index is -0.922. The Balaban J connectivity index is 1.47. The Hall–Kier alpha value is -5.51. The predicted octanol–water partition coefficient (Wildman–Crippen LogP) is 4.38. The fraction of sp³-hybridized carbons (Fsp3) is 0.100. The normalized spacial score (nSPS) is 10.7. The maximum atomic E-state index is 13.2. The monoisotopic (exact) mass is 536 g/mol. The highest BCUT2D eigenvalue weighted by atomic mass is 16.5. The number of carbonyl (C=O) groups excluding carboxylic acids is 3. The Labute approximate surface area is 228 Å². The van der Waals surface area contributed by atoms with Crippen molar-refractivity contribution in [2.45, 2.75) is 19.8 Å². The predicted molar refractivity (Wildman–Crippen MR) is 144 cm³/mol. The van der Waals surface area contributed by atoms with Crippen molar-refractivity contribution >= 4 is 29.4 Å². The zero-order chi connectivity index (χ0) is 27.9. The molecule has 10 nitrogen and oxygen atoms in total. The van der Waals surface area contributed by atoms with Gasteiger partial charge in [0.2, 0.25) is 0 Å². The van der Waals surface area contributed by atoms with E-state index in [4.69, 9.17) is 19.9 Å². The lowest BCUT2D eigenvalue weighted by Crippen LogP contribution is -2.21. The zero-order valence-electron chi connectivity index (χ0n) is 21.2. The number of carbonyl (C=O) groups is 3. The summed E-state index contributed by atoms with van der Waals surface area (Å²) in [4.78, 5) is 43.6. The van der Waals surface area contributed by atoms with Crippen LogP contribution in [0.5, 0.6) is 0 Å². The van der Waals surface area contributed by atoms with E-state index in [1.54, 1.807) is 48.5 Å². The number of nitrogen functional groups attached to an aromatic ring is 1. The molecule has 0 atom stereocenters. The Morgan fingerprint density at radius 3 is 1.60 bits per heavy atom. The van der Waals surface area contributed by atoms with Crippen molar-refractivity contribution in [2.24, 2.45) is 0 Å². The second-order valence-electron chi connectivity index (χ2n) is 8.70. The molecule has 0 saturated heterocycles. The van der Waals surface area contributed by atoms with E-state index in [2.05, 4.69) is 10.1 Å². The van der Waals surface area contributed by atoms with E-state index >= 15 is 0 Å². The van der Waals surface area contributed by atoms with Gasteiger partial charge in [0.05, 0.1) is 6.20 Å². The fourth-order valence-corrected chi connectivity index (χ4v) is 3.90. The lowest BCUT2D eigenvalue weighted by atomic mass is 10.2. The Morgan fingerprint density at radius 2 is 1.10 bits per heavy atom. The molecule has 2 aromatic heterocycles. The molecule has 0 aliphatic heterocycles. The highest BCUT2D eigenvalue weighted by Crippen LogP contribution is 2.23. The van der Waals surface area contributed by atoms with Crippen LogP contribution in [0.3, 0.4) is 0 Å². The third kappa shape index (κ3) is 5.81. The number of anilines is 1. The summed E-state index contributed by atoms with van der Waals surface area (Å²) in [7, 11) is 0. The molecule has 0 unspecified atom stereocenters. The van der Waals surface area contributed by atoms with Crippen LogP contribution in [0.2, 0.25) is 0 Å². The number of aromatic nitrogens is 3. The van der Waals surface area contributed by atoms with Crippen molar-refractivity contribution in [1.82, 2.24) is 14.6 Å². The maximum absolute atomic E-state index is 13.2. The molecular formula is C30H24N4O6. The highest BCUT2D eigenvalue weighted by Gasteiger charge is 2.30. The summed E-state index contributed by atoms with van der Waals surface area (Å²) in [5.41, 5.74) is 7.73. The van der Waals surface area contributed by atoms with Gasteiger partial charge in [-0.2, -0.15) is 9.61 Å². The number of nitrogens with two attached hydrogens (primary N) is 1. The molecule has 2 heterocycles. The number of hydrogen-bond acceptors (Lipinski definition) is 9. The van der Waals surface area contributed by atoms with Gasteiger partial charge >= 0.3 is 17.9 Å². The molecule has 0 radical (unpaired) electrons. The van der Waals surface area contributed by atoms with Crippen LogP contribution in [-0.4, -0.2) is 32.5 Å². The number of fused-ring (bicyclic) bond motifs is 1. The van der Waals surface area contributed by atoms with Gasteiger partial charge < -0.3 is 19.9 Å². The average Bonchev–Trinajstić information content (AvgIpc) is 3.43. The van der Waals surface area contributed by atoms with Crippen LogP contribution in [0.25, 0.3) is 5.65 Å². The lowest BCUT2D eigenvalue weighted by molar-refractivity contribution is 0.0420. The largest absolute Gasteiger partial charge is 0.457 e. The van der Waals surface area contributed by atoms with Crippen LogP contribution in [0.1, 0.15) is 47.9 Å². The molecule has 5 aromatic rings. The van der Waals surface area contributed by atoms with Crippen LogP contribution < -0.4 is 5.73 Å². The van der Waals surface area contributed by atoms with Crippen molar-refractivity contribution in [2.75, 3.05) is 5.73 Å². The zero-order valence-corrected chi connectivity index (χ0v) is 21.2. The van der Waals surface area contributed by atoms with Crippen LogP contribution in [0.15, 0.2) is 97.2 Å². The summed E-state index contributed by atoms with van der Waals surface area (Å²) in [5.74, 6) is -2.79. The molecule has 200 valence electrons. The Bertz CT molecular complexity index is 1650. The second kappa shape index (κ2) is 11.9. The molecule has 3 aromatic carbocycles. The summed E-state index contributed by atoms with van der Waals surface area (Å²) in [5, 5.41) is 4.12. The third-order valence-electron chi connectivity index (χ3n) is 5.94. The minimum Gasteiger partial charge on any atom is -0.457 e. The molecule has 0 fully saturated rings. The first kappa shape index (κ1) is 26.1. The average molecular weight is 537 g/mol. The summed E-state index contributed by atoms with van der Waals surface area (Å²) in [6.45, 7) is -0.121. The van der Waals surface area contributed by atoms with E-state index in [0.29, 0.717) is 0 Å². The number of benzene rings is 3.